The summed E-state index contributed by atoms with van der Waals surface area (Å²) < 4.78 is 18.4. The minimum atomic E-state index is -0.756. The normalized spacial score (nSPS) is 16.4. The van der Waals surface area contributed by atoms with Gasteiger partial charge in [0.15, 0.2) is 0 Å². The Balaban J connectivity index is 0.000000346. The number of nitrogens with one attached hydrogen (secondary N) is 3. The van der Waals surface area contributed by atoms with E-state index in [-0.39, 0.29) is 43.7 Å². The van der Waals surface area contributed by atoms with Crippen LogP contribution in [-0.2, 0) is 20.9 Å². The number of benzene rings is 1. The molecule has 0 aliphatic carbocycles. The number of hydrogen-bond donors (Lipinski definition) is 4. The van der Waals surface area contributed by atoms with Crippen LogP contribution in [0.15, 0.2) is 41.8 Å². The largest absolute Gasteiger partial charge is 0.494 e. The summed E-state index contributed by atoms with van der Waals surface area (Å²) >= 11 is 1.36. The molecule has 0 radical (unpaired) electrons. The second-order valence-corrected chi connectivity index (χ2v) is 9.26. The average molecular weight is 520 g/mol. The van der Waals surface area contributed by atoms with Crippen LogP contribution in [0.25, 0.3) is 0 Å². The summed E-state index contributed by atoms with van der Waals surface area (Å²) in [5, 5.41) is 14.1. The van der Waals surface area contributed by atoms with Gasteiger partial charge in [0.1, 0.15) is 17.6 Å². The molecule has 1 aromatic heterocycles. The van der Waals surface area contributed by atoms with Gasteiger partial charge in [-0.2, -0.15) is 0 Å². The molecule has 1 aliphatic heterocycles. The predicted molar refractivity (Wildman–Crippen MR) is 138 cm³/mol. The molecular weight excluding hydrogens is 485 g/mol. The molecule has 2 unspecified atom stereocenters. The molecule has 5 N–H and O–H groups in total. The van der Waals surface area contributed by atoms with Crippen molar-refractivity contribution in [1.82, 2.24) is 15.5 Å². The molecule has 36 heavy (non-hydrogen) atoms. The SMILES string of the molecule is CCCCOc1ccccc1.N=C(N)c1csc(CNC(=O)C2CC(CF)CN2C(=O)CNC=O)c1. The second kappa shape index (κ2) is 15.5. The summed E-state index contributed by atoms with van der Waals surface area (Å²) in [4.78, 5) is 37.0. The van der Waals surface area contributed by atoms with Gasteiger partial charge in [0.2, 0.25) is 18.2 Å². The number of para-hydroxylation sites is 1. The van der Waals surface area contributed by atoms with Gasteiger partial charge >= 0.3 is 0 Å². The minimum Gasteiger partial charge on any atom is -0.494 e. The number of ether oxygens (including phenoxy) is 1. The molecule has 1 aromatic carbocycles. The fourth-order valence-electron chi connectivity index (χ4n) is 3.55. The number of amidine groups is 1. The maximum Gasteiger partial charge on any atom is 0.243 e. The van der Waals surface area contributed by atoms with E-state index in [2.05, 4.69) is 17.6 Å². The van der Waals surface area contributed by atoms with Crippen molar-refractivity contribution in [3.8, 4) is 5.75 Å². The summed E-state index contributed by atoms with van der Waals surface area (Å²) in [5.41, 5.74) is 5.98. The summed E-state index contributed by atoms with van der Waals surface area (Å²) in [5.74, 6) is -0.246. The van der Waals surface area contributed by atoms with Crippen molar-refractivity contribution in [2.24, 2.45) is 11.7 Å². The maximum atomic E-state index is 13.0. The van der Waals surface area contributed by atoms with Crippen LogP contribution in [0.1, 0.15) is 36.6 Å². The zero-order valence-electron chi connectivity index (χ0n) is 20.4. The molecule has 196 valence electrons. The number of carbonyl (C=O) groups is 3. The lowest BCUT2D eigenvalue weighted by Gasteiger charge is -2.23. The zero-order valence-corrected chi connectivity index (χ0v) is 21.2. The first kappa shape index (κ1) is 28.8. The van der Waals surface area contributed by atoms with Gasteiger partial charge in [0.05, 0.1) is 26.4 Å². The van der Waals surface area contributed by atoms with Crippen molar-refractivity contribution < 1.29 is 23.5 Å². The van der Waals surface area contributed by atoms with E-state index in [0.717, 1.165) is 23.7 Å². The van der Waals surface area contributed by atoms with Crippen molar-refractivity contribution in [3.05, 3.63) is 52.2 Å². The quantitative estimate of drug-likeness (QED) is 0.148. The summed E-state index contributed by atoms with van der Waals surface area (Å²) in [7, 11) is 0. The Kier molecular flexibility index (Phi) is 12.4. The van der Waals surface area contributed by atoms with Gasteiger partial charge in [-0.3, -0.25) is 24.2 Å². The van der Waals surface area contributed by atoms with Gasteiger partial charge in [-0.05, 0) is 31.0 Å². The number of halogens is 1. The van der Waals surface area contributed by atoms with Crippen molar-refractivity contribution in [3.63, 3.8) is 0 Å². The Morgan fingerprint density at radius 3 is 2.69 bits per heavy atom. The highest BCUT2D eigenvalue weighted by Crippen LogP contribution is 2.24. The van der Waals surface area contributed by atoms with Crippen molar-refractivity contribution in [1.29, 1.82) is 5.41 Å². The number of thiophene rings is 1. The third-order valence-electron chi connectivity index (χ3n) is 5.48. The molecule has 3 amide bonds. The fourth-order valence-corrected chi connectivity index (χ4v) is 4.37. The van der Waals surface area contributed by atoms with Crippen LogP contribution >= 0.6 is 11.3 Å². The molecule has 1 fully saturated rings. The molecule has 2 aromatic rings. The molecule has 11 heteroatoms. The molecule has 1 aliphatic rings. The number of likely N-dealkylation sites (tertiary alicyclic amines) is 1. The summed E-state index contributed by atoms with van der Waals surface area (Å²) in [6.07, 6.45) is 2.97. The van der Waals surface area contributed by atoms with E-state index < -0.39 is 18.6 Å². The zero-order chi connectivity index (χ0) is 26.3. The third kappa shape index (κ3) is 9.29. The van der Waals surface area contributed by atoms with Crippen LogP contribution in [-0.4, -0.2) is 61.4 Å². The number of unbranched alkanes of at least 4 members (excludes halogenated alkanes) is 1. The molecule has 2 atom stereocenters. The number of nitrogens with two attached hydrogens (primary N) is 1. The Morgan fingerprint density at radius 2 is 2.08 bits per heavy atom. The van der Waals surface area contributed by atoms with E-state index in [1.807, 2.05) is 30.3 Å². The van der Waals surface area contributed by atoms with Crippen LogP contribution in [0.2, 0.25) is 0 Å². The Labute approximate surface area is 214 Å². The van der Waals surface area contributed by atoms with E-state index in [1.165, 1.54) is 22.7 Å². The molecule has 9 nitrogen and oxygen atoms in total. The number of rotatable bonds is 12. The highest BCUT2D eigenvalue weighted by atomic mass is 32.1. The number of amides is 3. The number of nitrogens with zero attached hydrogens (tertiary/aromatic N) is 1. The van der Waals surface area contributed by atoms with Crippen LogP contribution in [0.4, 0.5) is 4.39 Å². The van der Waals surface area contributed by atoms with Crippen LogP contribution in [0, 0.1) is 11.3 Å². The van der Waals surface area contributed by atoms with Crippen LogP contribution in [0.3, 0.4) is 0 Å². The number of hydrogen-bond acceptors (Lipinski definition) is 6. The summed E-state index contributed by atoms with van der Waals surface area (Å²) in [6, 6.07) is 10.9. The lowest BCUT2D eigenvalue weighted by molar-refractivity contribution is -0.138. The predicted octanol–water partition coefficient (Wildman–Crippen LogP) is 2.45. The smallest absolute Gasteiger partial charge is 0.243 e. The molecular formula is C25H34FN5O4S. The Hall–Kier alpha value is -3.47. The van der Waals surface area contributed by atoms with E-state index in [9.17, 15) is 18.8 Å². The van der Waals surface area contributed by atoms with E-state index in [0.29, 0.717) is 12.0 Å². The lowest BCUT2D eigenvalue weighted by Crippen LogP contribution is -2.48. The van der Waals surface area contributed by atoms with Crippen molar-refractivity contribution in [2.45, 2.75) is 38.8 Å². The first-order valence-corrected chi connectivity index (χ1v) is 12.7. The summed E-state index contributed by atoms with van der Waals surface area (Å²) in [6.45, 7) is 2.55. The van der Waals surface area contributed by atoms with Crippen molar-refractivity contribution >= 4 is 35.4 Å². The maximum absolute atomic E-state index is 13.0. The lowest BCUT2D eigenvalue weighted by atomic mass is 10.1. The van der Waals surface area contributed by atoms with Crippen molar-refractivity contribution in [2.75, 3.05) is 26.4 Å². The number of carbonyl (C=O) groups excluding carboxylic acids is 3. The standard InChI is InChI=1S/C15H20FN5O3S.C10H14O/c16-3-9-1-12(21(6-9)13(23)5-19-8-22)15(24)20-4-11-2-10(7-25-11)14(17)18;1-2-3-9-11-10-7-5-4-6-8-10/h2,7-9,12H,1,3-6H2,(H3,17,18)(H,19,22)(H,20,24);4-8H,2-3,9H2,1H3. The molecule has 0 bridgehead atoms. The van der Waals surface area contributed by atoms with E-state index >= 15 is 0 Å². The number of nitrogen functional groups attached to an aromatic ring is 1. The van der Waals surface area contributed by atoms with E-state index in [4.69, 9.17) is 15.9 Å². The average Bonchev–Trinajstić information content (AvgIpc) is 3.55. The topological polar surface area (TPSA) is 138 Å². The highest BCUT2D eigenvalue weighted by Gasteiger charge is 2.39. The van der Waals surface area contributed by atoms with Crippen LogP contribution < -0.4 is 21.1 Å². The molecule has 3 rings (SSSR count). The minimum absolute atomic E-state index is 0.0464. The van der Waals surface area contributed by atoms with Gasteiger partial charge in [-0.15, -0.1) is 11.3 Å². The van der Waals surface area contributed by atoms with Gasteiger partial charge < -0.3 is 26.0 Å². The Morgan fingerprint density at radius 1 is 1.33 bits per heavy atom. The van der Waals surface area contributed by atoms with Gasteiger partial charge in [-0.1, -0.05) is 31.5 Å². The Bertz CT molecular complexity index is 988. The first-order chi connectivity index (χ1) is 17.4. The highest BCUT2D eigenvalue weighted by molar-refractivity contribution is 7.10. The molecule has 2 heterocycles. The fraction of sp³-hybridized carbons (Fsp3) is 0.440. The number of alkyl halides is 1. The monoisotopic (exact) mass is 519 g/mol. The molecule has 1 saturated heterocycles. The molecule has 0 saturated carbocycles. The third-order valence-corrected chi connectivity index (χ3v) is 6.41. The van der Waals surface area contributed by atoms with Gasteiger partial charge in [-0.25, -0.2) is 0 Å². The van der Waals surface area contributed by atoms with Gasteiger partial charge in [0, 0.05) is 28.3 Å². The first-order valence-electron chi connectivity index (χ1n) is 11.8. The van der Waals surface area contributed by atoms with Gasteiger partial charge in [0.25, 0.3) is 0 Å². The van der Waals surface area contributed by atoms with E-state index in [1.54, 1.807) is 11.4 Å². The second-order valence-electron chi connectivity index (χ2n) is 8.26. The van der Waals surface area contributed by atoms with Crippen LogP contribution in [0.5, 0.6) is 5.75 Å². The molecule has 0 spiro atoms.